The largest absolute Gasteiger partial charge is 0.462 e. The quantitative estimate of drug-likeness (QED) is 0.370. The van der Waals surface area contributed by atoms with Crippen LogP contribution in [0.1, 0.15) is 31.9 Å². The Balaban J connectivity index is 1.93. The van der Waals surface area contributed by atoms with E-state index in [9.17, 15) is 14.2 Å². The number of anilines is 1. The van der Waals surface area contributed by atoms with Gasteiger partial charge in [0.1, 0.15) is 5.57 Å². The van der Waals surface area contributed by atoms with Crippen LogP contribution >= 0.6 is 7.60 Å². The molecule has 0 N–H and O–H groups in total. The first-order valence-electron chi connectivity index (χ1n) is 11.1. The lowest BCUT2D eigenvalue weighted by molar-refractivity contribution is -0.140. The van der Waals surface area contributed by atoms with Gasteiger partial charge in [0, 0.05) is 5.56 Å². The summed E-state index contributed by atoms with van der Waals surface area (Å²) in [5.74, 6) is -1.33. The Morgan fingerprint density at radius 1 is 0.971 bits per heavy atom. The van der Waals surface area contributed by atoms with Gasteiger partial charge in [-0.2, -0.15) is 5.11 Å². The highest BCUT2D eigenvalue weighted by molar-refractivity contribution is 7.58. The number of azo groups is 1. The predicted octanol–water partition coefficient (Wildman–Crippen LogP) is 4.94. The molecule has 0 aromatic heterocycles. The van der Waals surface area contributed by atoms with Crippen LogP contribution in [0.25, 0.3) is 0 Å². The number of nitrogens with zero attached hydrogens (tertiary/aromatic N) is 3. The molecule has 0 bridgehead atoms. The predicted molar refractivity (Wildman–Crippen MR) is 125 cm³/mol. The van der Waals surface area contributed by atoms with Crippen LogP contribution in [0.4, 0.5) is 5.69 Å². The second-order valence-electron chi connectivity index (χ2n) is 7.56. The number of para-hydroxylation sites is 1. The van der Waals surface area contributed by atoms with Crippen molar-refractivity contribution in [3.05, 3.63) is 76.7 Å². The molecule has 4 rings (SSSR count). The lowest BCUT2D eigenvalue weighted by atomic mass is 9.85. The summed E-state index contributed by atoms with van der Waals surface area (Å²) in [6, 6.07) is 16.5. The first-order chi connectivity index (χ1) is 16.4. The number of esters is 1. The maximum atomic E-state index is 14.1. The molecule has 10 heteroatoms. The zero-order valence-electron chi connectivity index (χ0n) is 19.3. The fourth-order valence-electron chi connectivity index (χ4n) is 4.21. The summed E-state index contributed by atoms with van der Waals surface area (Å²) in [6.07, 6.45) is 0. The van der Waals surface area contributed by atoms with Crippen molar-refractivity contribution in [2.24, 2.45) is 10.2 Å². The molecule has 2 aromatic rings. The average Bonchev–Trinajstić information content (AvgIpc) is 3.35. The summed E-state index contributed by atoms with van der Waals surface area (Å²) < 4.78 is 29.9. The Morgan fingerprint density at radius 3 is 2.26 bits per heavy atom. The Bertz CT molecular complexity index is 1200. The van der Waals surface area contributed by atoms with Crippen LogP contribution in [-0.4, -0.2) is 31.7 Å². The topological polar surface area (TPSA) is 107 Å². The summed E-state index contributed by atoms with van der Waals surface area (Å²) in [6.45, 7) is 5.33. The van der Waals surface area contributed by atoms with E-state index in [1.165, 1.54) is 0 Å². The van der Waals surface area contributed by atoms with E-state index in [4.69, 9.17) is 13.8 Å². The molecule has 9 nitrogen and oxygen atoms in total. The minimum Gasteiger partial charge on any atom is -0.462 e. The van der Waals surface area contributed by atoms with E-state index >= 15 is 0 Å². The van der Waals surface area contributed by atoms with Crippen LogP contribution in [0, 0.1) is 0 Å². The monoisotopic (exact) mass is 483 g/mol. The Kier molecular flexibility index (Phi) is 6.79. The molecule has 0 aliphatic carbocycles. The van der Waals surface area contributed by atoms with Crippen LogP contribution < -0.4 is 4.90 Å². The third-order valence-corrected chi connectivity index (χ3v) is 7.57. The number of hydrogen-bond acceptors (Lipinski definition) is 8. The van der Waals surface area contributed by atoms with Crippen molar-refractivity contribution in [3.8, 4) is 0 Å². The number of hydrogen-bond donors (Lipinski definition) is 0. The number of benzene rings is 2. The fourth-order valence-corrected chi connectivity index (χ4v) is 5.89. The molecule has 2 aliphatic heterocycles. The molecule has 0 saturated carbocycles. The molecule has 0 radical (unpaired) electrons. The fraction of sp³-hybridized carbons (Fsp3) is 0.333. The smallest absolute Gasteiger partial charge is 0.382 e. The SMILES string of the molecule is CCOC(=O)C1=C(P(=O)(OCC)OCC)N=NC12C(=O)N(Cc1ccccc1)c1ccccc12. The lowest BCUT2D eigenvalue weighted by Gasteiger charge is -2.24. The maximum Gasteiger partial charge on any atom is 0.382 e. The van der Waals surface area contributed by atoms with E-state index in [1.54, 1.807) is 49.9 Å². The van der Waals surface area contributed by atoms with Gasteiger partial charge >= 0.3 is 13.6 Å². The molecule has 1 amide bonds. The number of carbonyl (C=O) groups is 2. The molecular formula is C24H26N3O6P. The van der Waals surface area contributed by atoms with Gasteiger partial charge < -0.3 is 18.7 Å². The molecule has 178 valence electrons. The Hall–Kier alpha value is -3.13. The summed E-state index contributed by atoms with van der Waals surface area (Å²) >= 11 is 0. The van der Waals surface area contributed by atoms with E-state index in [2.05, 4.69) is 10.2 Å². The van der Waals surface area contributed by atoms with Crippen molar-refractivity contribution in [1.29, 1.82) is 0 Å². The molecule has 34 heavy (non-hydrogen) atoms. The molecule has 1 atom stereocenters. The summed E-state index contributed by atoms with van der Waals surface area (Å²) in [7, 11) is -4.06. The first-order valence-corrected chi connectivity index (χ1v) is 12.7. The molecular weight excluding hydrogens is 457 g/mol. The van der Waals surface area contributed by atoms with Crippen molar-refractivity contribution < 1.29 is 27.9 Å². The van der Waals surface area contributed by atoms with Gasteiger partial charge in [0.15, 0.2) is 5.44 Å². The zero-order valence-corrected chi connectivity index (χ0v) is 20.2. The van der Waals surface area contributed by atoms with Gasteiger partial charge in [-0.05, 0) is 32.4 Å². The van der Waals surface area contributed by atoms with Gasteiger partial charge in [0.25, 0.3) is 5.91 Å². The first kappa shape index (κ1) is 24.0. The van der Waals surface area contributed by atoms with E-state index in [0.717, 1.165) is 5.56 Å². The van der Waals surface area contributed by atoms with Gasteiger partial charge in [-0.15, -0.1) is 5.11 Å². The van der Waals surface area contributed by atoms with Crippen LogP contribution in [0.3, 0.4) is 0 Å². The van der Waals surface area contributed by atoms with Crippen LogP contribution in [-0.2, 0) is 40.0 Å². The maximum absolute atomic E-state index is 14.1. The van der Waals surface area contributed by atoms with Crippen LogP contribution in [0.15, 0.2) is 75.8 Å². The Labute approximate surface area is 197 Å². The van der Waals surface area contributed by atoms with E-state index < -0.39 is 25.0 Å². The highest BCUT2D eigenvalue weighted by Crippen LogP contribution is 2.64. The van der Waals surface area contributed by atoms with Gasteiger partial charge in [-0.1, -0.05) is 48.5 Å². The van der Waals surface area contributed by atoms with Crippen molar-refractivity contribution in [2.75, 3.05) is 24.7 Å². The minimum atomic E-state index is -4.06. The summed E-state index contributed by atoms with van der Waals surface area (Å²) in [5.41, 5.74) is -0.421. The van der Waals surface area contributed by atoms with Gasteiger partial charge in [-0.3, -0.25) is 9.36 Å². The zero-order chi connectivity index (χ0) is 24.3. The van der Waals surface area contributed by atoms with Crippen molar-refractivity contribution in [2.45, 2.75) is 32.9 Å². The third-order valence-electron chi connectivity index (χ3n) is 5.54. The summed E-state index contributed by atoms with van der Waals surface area (Å²) in [5, 5.41) is 8.40. The molecule has 2 aliphatic rings. The lowest BCUT2D eigenvalue weighted by Crippen LogP contribution is -2.41. The normalized spacial score (nSPS) is 19.3. The standard InChI is InChI=1S/C24H26N3O6P/c1-4-31-22(28)20-21(34(30,32-5-2)33-6-3)25-26-24(20)18-14-10-11-15-19(18)27(23(24)29)16-17-12-8-7-9-13-17/h7-15H,4-6,16H2,1-3H3. The molecule has 1 spiro atoms. The van der Waals surface area contributed by atoms with Crippen molar-refractivity contribution in [1.82, 2.24) is 0 Å². The molecule has 0 fully saturated rings. The third kappa shape index (κ3) is 3.79. The van der Waals surface area contributed by atoms with Gasteiger partial charge in [-0.25, -0.2) is 4.79 Å². The van der Waals surface area contributed by atoms with Gasteiger partial charge in [0.05, 0.1) is 32.1 Å². The summed E-state index contributed by atoms with van der Waals surface area (Å²) in [4.78, 5) is 28.9. The molecule has 1 unspecified atom stereocenters. The molecule has 2 aromatic carbocycles. The van der Waals surface area contributed by atoms with Gasteiger partial charge in [0.2, 0.25) is 5.54 Å². The van der Waals surface area contributed by atoms with E-state index in [-0.39, 0.29) is 37.4 Å². The Morgan fingerprint density at radius 2 is 1.62 bits per heavy atom. The second kappa shape index (κ2) is 9.62. The minimum absolute atomic E-state index is 0.0445. The average molecular weight is 483 g/mol. The number of amides is 1. The molecule has 0 saturated heterocycles. The number of fused-ring (bicyclic) bond motifs is 2. The second-order valence-corrected chi connectivity index (χ2v) is 9.49. The van der Waals surface area contributed by atoms with Crippen LogP contribution in [0.5, 0.6) is 0 Å². The number of ether oxygens (including phenoxy) is 1. The van der Waals surface area contributed by atoms with Crippen LogP contribution in [0.2, 0.25) is 0 Å². The van der Waals surface area contributed by atoms with Crippen molar-refractivity contribution >= 4 is 25.2 Å². The molecule has 2 heterocycles. The van der Waals surface area contributed by atoms with Crippen molar-refractivity contribution in [3.63, 3.8) is 0 Å². The highest BCUT2D eigenvalue weighted by atomic mass is 31.2. The van der Waals surface area contributed by atoms with E-state index in [1.807, 2.05) is 30.3 Å². The number of carbonyl (C=O) groups excluding carboxylic acids is 2. The number of rotatable bonds is 9. The highest BCUT2D eigenvalue weighted by Gasteiger charge is 2.62. The van der Waals surface area contributed by atoms with E-state index in [0.29, 0.717) is 11.3 Å².